The van der Waals surface area contributed by atoms with E-state index in [-0.39, 0.29) is 5.41 Å². The van der Waals surface area contributed by atoms with Gasteiger partial charge in [0.05, 0.1) is 28.1 Å². The summed E-state index contributed by atoms with van der Waals surface area (Å²) in [5.41, 5.74) is 18.1. The molecule has 8 aromatic carbocycles. The predicted molar refractivity (Wildman–Crippen MR) is 238 cm³/mol. The average Bonchev–Trinajstić information content (AvgIpc) is 3.73. The quantitative estimate of drug-likeness (QED) is 0.180. The Balaban J connectivity index is 1.10. The summed E-state index contributed by atoms with van der Waals surface area (Å²) in [6.45, 7) is 4.66. The van der Waals surface area contributed by atoms with E-state index in [0.717, 1.165) is 33.8 Å². The van der Waals surface area contributed by atoms with Crippen molar-refractivity contribution in [3.8, 4) is 50.5 Å². The van der Waals surface area contributed by atoms with Crippen LogP contribution in [0.2, 0.25) is 0 Å². The zero-order valence-corrected chi connectivity index (χ0v) is 31.7. The highest BCUT2D eigenvalue weighted by Gasteiger charge is 2.35. The number of rotatable bonds is 4. The minimum atomic E-state index is -0.0360. The van der Waals surface area contributed by atoms with Crippen LogP contribution in [0, 0.1) is 0 Å². The van der Waals surface area contributed by atoms with Crippen molar-refractivity contribution in [2.24, 2.45) is 0 Å². The largest absolute Gasteiger partial charge is 0.309 e. The van der Waals surface area contributed by atoms with E-state index in [1.165, 1.54) is 77.4 Å². The van der Waals surface area contributed by atoms with E-state index < -0.39 is 0 Å². The summed E-state index contributed by atoms with van der Waals surface area (Å²) in [6.07, 6.45) is 0. The third kappa shape index (κ3) is 4.51. The van der Waals surface area contributed by atoms with E-state index in [9.17, 15) is 0 Å². The lowest BCUT2D eigenvalue weighted by Crippen LogP contribution is -2.15. The fourth-order valence-electron chi connectivity index (χ4n) is 9.96. The molecule has 0 radical (unpaired) electrons. The number of para-hydroxylation sites is 2. The first-order chi connectivity index (χ1) is 28.1. The summed E-state index contributed by atoms with van der Waals surface area (Å²) < 4.78 is 2.36. The summed E-state index contributed by atoms with van der Waals surface area (Å²) in [5.74, 6) is 0.900. The van der Waals surface area contributed by atoms with Gasteiger partial charge in [0.1, 0.15) is 5.82 Å². The number of fused-ring (bicyclic) bond motifs is 9. The molecule has 12 rings (SSSR count). The van der Waals surface area contributed by atoms with Crippen LogP contribution in [0.25, 0.3) is 83.0 Å². The zero-order valence-electron chi connectivity index (χ0n) is 31.7. The second-order valence-corrected chi connectivity index (χ2v) is 15.9. The highest BCUT2D eigenvalue weighted by molar-refractivity contribution is 6.25. The van der Waals surface area contributed by atoms with Gasteiger partial charge >= 0.3 is 0 Å². The van der Waals surface area contributed by atoms with Gasteiger partial charge in [0, 0.05) is 38.4 Å². The molecule has 3 nitrogen and oxygen atoms in total. The highest BCUT2D eigenvalue weighted by atomic mass is 15.2. The first kappa shape index (κ1) is 32.1. The Morgan fingerprint density at radius 1 is 0.439 bits per heavy atom. The van der Waals surface area contributed by atoms with Crippen LogP contribution >= 0.6 is 0 Å². The van der Waals surface area contributed by atoms with Crippen molar-refractivity contribution in [2.45, 2.75) is 19.3 Å². The monoisotopic (exact) mass is 727 g/mol. The molecule has 10 aromatic rings. The molecule has 0 unspecified atom stereocenters. The third-order valence-corrected chi connectivity index (χ3v) is 12.5. The molecule has 0 N–H and O–H groups in total. The van der Waals surface area contributed by atoms with Crippen LogP contribution < -0.4 is 4.90 Å². The Morgan fingerprint density at radius 3 is 2.02 bits per heavy atom. The van der Waals surface area contributed by atoms with Crippen molar-refractivity contribution in [1.29, 1.82) is 0 Å². The van der Waals surface area contributed by atoms with E-state index >= 15 is 0 Å². The zero-order chi connectivity index (χ0) is 37.8. The second kappa shape index (κ2) is 11.9. The molecule has 0 spiro atoms. The van der Waals surface area contributed by atoms with Crippen LogP contribution in [0.15, 0.2) is 188 Å². The normalized spacial score (nSPS) is 13.5. The first-order valence-corrected chi connectivity index (χ1v) is 19.8. The number of nitrogens with zero attached hydrogens (tertiary/aromatic N) is 3. The third-order valence-electron chi connectivity index (χ3n) is 12.5. The number of benzene rings is 8. The van der Waals surface area contributed by atoms with Gasteiger partial charge < -0.3 is 4.90 Å². The maximum absolute atomic E-state index is 5.45. The molecule has 0 saturated heterocycles. The minimum absolute atomic E-state index is 0.0360. The lowest BCUT2D eigenvalue weighted by molar-refractivity contribution is 0.660. The molecule has 2 aromatic heterocycles. The predicted octanol–water partition coefficient (Wildman–Crippen LogP) is 14.4. The van der Waals surface area contributed by atoms with Crippen molar-refractivity contribution in [3.05, 3.63) is 199 Å². The van der Waals surface area contributed by atoms with Crippen molar-refractivity contribution in [2.75, 3.05) is 4.90 Å². The molecule has 2 aliphatic rings. The fraction of sp³-hybridized carbons (Fsp3) is 0.0556. The molecule has 0 atom stereocenters. The minimum Gasteiger partial charge on any atom is -0.309 e. The van der Waals surface area contributed by atoms with E-state index in [4.69, 9.17) is 4.98 Å². The van der Waals surface area contributed by atoms with Crippen LogP contribution in [0.5, 0.6) is 0 Å². The Labute approximate surface area is 331 Å². The van der Waals surface area contributed by atoms with E-state index in [1.807, 2.05) is 0 Å². The molecule has 1 aliphatic heterocycles. The Kier molecular flexibility index (Phi) is 6.68. The molecular formula is C54H37N3. The smallest absolute Gasteiger partial charge is 0.138 e. The second-order valence-electron chi connectivity index (χ2n) is 15.9. The molecule has 3 heteroatoms. The van der Waals surface area contributed by atoms with Crippen LogP contribution in [0.4, 0.5) is 17.1 Å². The Bertz CT molecular complexity index is 3260. The summed E-state index contributed by atoms with van der Waals surface area (Å²) in [4.78, 5) is 7.94. The van der Waals surface area contributed by atoms with Gasteiger partial charge in [-0.1, -0.05) is 153 Å². The van der Waals surface area contributed by atoms with Gasteiger partial charge in [0.25, 0.3) is 0 Å². The molecule has 268 valence electrons. The van der Waals surface area contributed by atoms with Gasteiger partial charge in [-0.05, 0) is 92.9 Å². The maximum Gasteiger partial charge on any atom is 0.138 e. The lowest BCUT2D eigenvalue weighted by atomic mass is 9.82. The molecule has 0 fully saturated rings. The van der Waals surface area contributed by atoms with Crippen LogP contribution in [-0.2, 0) is 5.41 Å². The van der Waals surface area contributed by atoms with E-state index in [1.54, 1.807) is 0 Å². The van der Waals surface area contributed by atoms with Gasteiger partial charge in [-0.25, -0.2) is 4.98 Å². The summed E-state index contributed by atoms with van der Waals surface area (Å²) in [7, 11) is 0. The topological polar surface area (TPSA) is 21.1 Å². The van der Waals surface area contributed by atoms with Crippen molar-refractivity contribution in [1.82, 2.24) is 9.55 Å². The van der Waals surface area contributed by atoms with E-state index in [2.05, 4.69) is 211 Å². The molecule has 1 aliphatic carbocycles. The van der Waals surface area contributed by atoms with Crippen molar-refractivity contribution in [3.63, 3.8) is 0 Å². The summed E-state index contributed by atoms with van der Waals surface area (Å²) in [5, 5.41) is 4.94. The van der Waals surface area contributed by atoms with Crippen molar-refractivity contribution >= 4 is 49.6 Å². The van der Waals surface area contributed by atoms with Crippen LogP contribution in [-0.4, -0.2) is 9.55 Å². The number of anilines is 3. The van der Waals surface area contributed by atoms with Gasteiger partial charge in [-0.3, -0.25) is 4.57 Å². The lowest BCUT2D eigenvalue weighted by Gasteiger charge is -2.34. The molecule has 0 bridgehead atoms. The number of hydrogen-bond donors (Lipinski definition) is 0. The maximum atomic E-state index is 5.45. The molecule has 57 heavy (non-hydrogen) atoms. The Morgan fingerprint density at radius 2 is 1.14 bits per heavy atom. The Hall–Kier alpha value is -7.23. The van der Waals surface area contributed by atoms with Crippen LogP contribution in [0.3, 0.4) is 0 Å². The standard InChI is InChI=1S/C54H37N3/c1-54(2)44-22-11-9-19-38(44)43-33-35(27-31-45(43)54)46-23-14-26-50(55-46)57-47-24-12-10-20-42(47)52-49(57)32-30-41-40-29-28-37(34-15-5-3-6-16-34)39-21-13-25-48(51(39)40)56(53(41)52)36-17-7-4-8-18-36/h3-33H,1-2H3. The molecule has 0 saturated carbocycles. The van der Waals surface area contributed by atoms with Crippen LogP contribution in [0.1, 0.15) is 25.0 Å². The SMILES string of the molecule is CC1(C)c2ccccc2-c2cc(-c3cccc(-n4c5ccccc5c5c6c(ccc54)-c4ccc(-c5ccccc5)c5cccc(c45)N6c4ccccc4)n3)ccc21. The number of aromatic nitrogens is 2. The van der Waals surface area contributed by atoms with E-state index in [0.29, 0.717) is 0 Å². The van der Waals surface area contributed by atoms with Gasteiger partial charge in [-0.2, -0.15) is 0 Å². The number of hydrogen-bond acceptors (Lipinski definition) is 2. The molecular weight excluding hydrogens is 691 g/mol. The molecule has 0 amide bonds. The van der Waals surface area contributed by atoms with Gasteiger partial charge in [0.15, 0.2) is 0 Å². The number of pyridine rings is 1. The highest BCUT2D eigenvalue weighted by Crippen LogP contribution is 2.56. The fourth-order valence-corrected chi connectivity index (χ4v) is 9.96. The summed E-state index contributed by atoms with van der Waals surface area (Å²) in [6, 6.07) is 68.7. The molecule has 3 heterocycles. The summed E-state index contributed by atoms with van der Waals surface area (Å²) >= 11 is 0. The average molecular weight is 728 g/mol. The first-order valence-electron chi connectivity index (χ1n) is 19.8. The van der Waals surface area contributed by atoms with Gasteiger partial charge in [0.2, 0.25) is 0 Å². The van der Waals surface area contributed by atoms with Gasteiger partial charge in [-0.15, -0.1) is 0 Å². The van der Waals surface area contributed by atoms with Crippen molar-refractivity contribution < 1.29 is 0 Å².